The lowest BCUT2D eigenvalue weighted by Crippen LogP contribution is -2.61. The van der Waals surface area contributed by atoms with Crippen molar-refractivity contribution in [2.24, 2.45) is 23.5 Å². The van der Waals surface area contributed by atoms with Gasteiger partial charge in [0, 0.05) is 37.5 Å². The van der Waals surface area contributed by atoms with E-state index in [1.807, 2.05) is 19.1 Å². The lowest BCUT2D eigenvalue weighted by atomic mass is 9.82. The van der Waals surface area contributed by atoms with Crippen molar-refractivity contribution in [3.05, 3.63) is 85.1 Å². The summed E-state index contributed by atoms with van der Waals surface area (Å²) >= 11 is 0. The van der Waals surface area contributed by atoms with E-state index >= 15 is 0 Å². The number of carboxylic acids is 1. The second-order valence-corrected chi connectivity index (χ2v) is 17.6. The molecule has 0 saturated carbocycles. The van der Waals surface area contributed by atoms with Crippen molar-refractivity contribution in [1.29, 1.82) is 0 Å². The first-order valence-electron chi connectivity index (χ1n) is 22.3. The number of cyclic esters (lactones) is 1. The highest BCUT2D eigenvalue weighted by atomic mass is 16.7. The monoisotopic (exact) mass is 923 g/mol. The molecule has 2 fully saturated rings. The van der Waals surface area contributed by atoms with Crippen LogP contribution in [-0.4, -0.2) is 166 Å². The van der Waals surface area contributed by atoms with Gasteiger partial charge in [-0.3, -0.25) is 9.59 Å². The van der Waals surface area contributed by atoms with E-state index in [4.69, 9.17) is 24.7 Å². The number of aliphatic carboxylic acids is 1. The predicted molar refractivity (Wildman–Crippen MR) is 237 cm³/mol. The highest BCUT2D eigenvalue weighted by Gasteiger charge is 2.51. The van der Waals surface area contributed by atoms with Crippen LogP contribution in [0.3, 0.4) is 0 Å². The van der Waals surface area contributed by atoms with Crippen molar-refractivity contribution in [1.82, 2.24) is 0 Å². The molecule has 2 bridgehead atoms. The summed E-state index contributed by atoms with van der Waals surface area (Å²) in [5.41, 5.74) is 6.02. The third kappa shape index (κ3) is 18.6. The van der Waals surface area contributed by atoms with E-state index in [-0.39, 0.29) is 31.6 Å². The Labute approximate surface area is 381 Å². The molecule has 0 aromatic rings. The zero-order chi connectivity index (χ0) is 48.4. The Morgan fingerprint density at radius 3 is 1.82 bits per heavy atom. The van der Waals surface area contributed by atoms with Gasteiger partial charge in [-0.2, -0.15) is 0 Å². The van der Waals surface area contributed by atoms with Gasteiger partial charge < -0.3 is 80.9 Å². The van der Waals surface area contributed by atoms with Crippen LogP contribution in [0, 0.1) is 17.8 Å². The number of fused-ring (bicyclic) bond motifs is 2. The molecule has 18 nitrogen and oxygen atoms in total. The SMILES string of the molecule is C[C@H]1[C@@H](O)[C@@H](C)\C=C/C=C\C=C/C=C\C=C/C=C\C=C/[C@@H](O[C@H]2O[C@@H](C)[C@@H](O)[C@@H](N)[C@@H]2O)C[C@@H]2O[C@](O)(C[C@@H](O)C[C@@H](O)[C@@H](O)CC[C@@H](O)C[C@@H](O)CC(=O)O[C@H]1C)C[C@@H](O)[C@H]2C(=O)O. The standard InChI is InChI=1S/C47H73NO17/c1-27-17-15-13-11-9-7-5-6-8-10-12-14-16-18-34(64-46-44(58)41(48)43(57)30(4)63-46)24-38-40(45(59)60)37(54)26-47(61,65-38)25-33(51)22-36(53)35(52)20-19-31(49)21-32(50)23-39(55)62-29(3)28(2)42(27)56/h5-18,27-38,40-44,46,49-54,56-58,61H,19-26,48H2,1-4H3,(H,59,60)/b6-5-,9-7-,10-8-,13-11-,14-12-,17-15-,18-16-/t27-,28+,29-,30-,31+,32+,33-,34+,35-,36+,37+,38-,40+,41+,42-,43+,44-,46+,47+/m0/s1. The van der Waals surface area contributed by atoms with Crippen LogP contribution < -0.4 is 5.73 Å². The predicted octanol–water partition coefficient (Wildman–Crippen LogP) is 0.712. The summed E-state index contributed by atoms with van der Waals surface area (Å²) in [6.45, 7) is 6.74. The summed E-state index contributed by atoms with van der Waals surface area (Å²) in [7, 11) is 0. The number of carboxylic acid groups (broad SMARTS) is 1. The second-order valence-electron chi connectivity index (χ2n) is 17.6. The average Bonchev–Trinajstić information content (AvgIpc) is 3.21. The molecule has 18 heteroatoms. The van der Waals surface area contributed by atoms with Crippen molar-refractivity contribution >= 4 is 11.9 Å². The number of hydrogen-bond donors (Lipinski definition) is 12. The number of carbonyl (C=O) groups is 2. The molecule has 3 heterocycles. The maximum absolute atomic E-state index is 12.6. The van der Waals surface area contributed by atoms with E-state index in [2.05, 4.69) is 0 Å². The smallest absolute Gasteiger partial charge is 0.311 e. The van der Waals surface area contributed by atoms with E-state index in [0.29, 0.717) is 0 Å². The summed E-state index contributed by atoms with van der Waals surface area (Å²) in [6, 6.07) is -1.15. The third-order valence-electron chi connectivity index (χ3n) is 12.0. The van der Waals surface area contributed by atoms with Crippen LogP contribution in [0.15, 0.2) is 85.1 Å². The summed E-state index contributed by atoms with van der Waals surface area (Å²) < 4.78 is 23.1. The quantitative estimate of drug-likeness (QED) is 0.174. The molecule has 3 aliphatic rings. The summed E-state index contributed by atoms with van der Waals surface area (Å²) in [6.07, 6.45) is 3.46. The summed E-state index contributed by atoms with van der Waals surface area (Å²) in [4.78, 5) is 25.1. The number of esters is 1. The van der Waals surface area contributed by atoms with E-state index in [1.54, 1.807) is 80.7 Å². The molecule has 19 atom stereocenters. The number of aliphatic hydroxyl groups is 10. The maximum atomic E-state index is 12.6. The minimum Gasteiger partial charge on any atom is -0.481 e. The molecule has 0 unspecified atom stereocenters. The van der Waals surface area contributed by atoms with Gasteiger partial charge in [0.2, 0.25) is 0 Å². The van der Waals surface area contributed by atoms with Crippen molar-refractivity contribution in [2.45, 2.75) is 177 Å². The fraction of sp³-hybridized carbons (Fsp3) is 0.660. The molecule has 3 rings (SSSR count). The van der Waals surface area contributed by atoms with Crippen molar-refractivity contribution < 1.29 is 84.7 Å². The van der Waals surface area contributed by atoms with E-state index in [1.165, 1.54) is 13.0 Å². The first-order chi connectivity index (χ1) is 30.6. The highest BCUT2D eigenvalue weighted by Crippen LogP contribution is 2.38. The number of allylic oxidation sites excluding steroid dienone is 12. The lowest BCUT2D eigenvalue weighted by Gasteiger charge is -2.45. The van der Waals surface area contributed by atoms with Crippen LogP contribution in [0.5, 0.6) is 0 Å². The molecular formula is C47H73NO17. The second kappa shape index (κ2) is 27.4. The van der Waals surface area contributed by atoms with Crippen LogP contribution in [0.2, 0.25) is 0 Å². The van der Waals surface area contributed by atoms with Crippen LogP contribution in [0.4, 0.5) is 0 Å². The Morgan fingerprint density at radius 1 is 0.662 bits per heavy atom. The first-order valence-corrected chi connectivity index (χ1v) is 22.3. The van der Waals surface area contributed by atoms with Crippen LogP contribution in [-0.2, 0) is 28.5 Å². The van der Waals surface area contributed by atoms with Gasteiger partial charge in [-0.25, -0.2) is 0 Å². The number of rotatable bonds is 3. The van der Waals surface area contributed by atoms with Gasteiger partial charge in [-0.05, 0) is 33.1 Å². The van der Waals surface area contributed by atoms with Gasteiger partial charge in [0.1, 0.15) is 18.1 Å². The third-order valence-corrected chi connectivity index (χ3v) is 12.0. The number of carbonyl (C=O) groups excluding carboxylic acids is 1. The molecule has 13 N–H and O–H groups in total. The minimum absolute atomic E-state index is 0.107. The average molecular weight is 924 g/mol. The Hall–Kier alpha value is -3.44. The molecule has 0 aromatic heterocycles. The Morgan fingerprint density at radius 2 is 1.23 bits per heavy atom. The zero-order valence-electron chi connectivity index (χ0n) is 37.6. The van der Waals surface area contributed by atoms with Gasteiger partial charge in [0.15, 0.2) is 12.1 Å². The highest BCUT2D eigenvalue weighted by molar-refractivity contribution is 5.71. The normalized spacial score (nSPS) is 45.5. The van der Waals surface area contributed by atoms with E-state index in [9.17, 15) is 65.8 Å². The Bertz CT molecular complexity index is 1670. The first kappa shape index (κ1) is 55.9. The number of nitrogens with two attached hydrogens (primary N) is 1. The van der Waals surface area contributed by atoms with E-state index < -0.39 is 147 Å². The van der Waals surface area contributed by atoms with E-state index in [0.717, 1.165) is 0 Å². The molecule has 3 aliphatic heterocycles. The summed E-state index contributed by atoms with van der Waals surface area (Å²) in [5.74, 6) is -6.83. The molecule has 0 aromatic carbocycles. The lowest BCUT2D eigenvalue weighted by molar-refractivity contribution is -0.308. The fourth-order valence-electron chi connectivity index (χ4n) is 7.97. The van der Waals surface area contributed by atoms with Crippen LogP contribution in [0.25, 0.3) is 0 Å². The maximum Gasteiger partial charge on any atom is 0.311 e. The van der Waals surface area contributed by atoms with Crippen molar-refractivity contribution in [3.63, 3.8) is 0 Å². The van der Waals surface area contributed by atoms with Crippen LogP contribution in [0.1, 0.15) is 79.1 Å². The molecule has 0 aliphatic carbocycles. The minimum atomic E-state index is -2.33. The Balaban J connectivity index is 1.86. The fourth-order valence-corrected chi connectivity index (χ4v) is 7.97. The number of aliphatic hydroxyl groups excluding tert-OH is 9. The van der Waals surface area contributed by atoms with Gasteiger partial charge in [0.05, 0.1) is 79.6 Å². The molecule has 0 spiro atoms. The van der Waals surface area contributed by atoms with Crippen molar-refractivity contribution in [3.8, 4) is 0 Å². The van der Waals surface area contributed by atoms with Gasteiger partial charge in [0.25, 0.3) is 0 Å². The van der Waals surface area contributed by atoms with Crippen molar-refractivity contribution in [2.75, 3.05) is 0 Å². The van der Waals surface area contributed by atoms with Gasteiger partial charge >= 0.3 is 11.9 Å². The number of hydrogen-bond acceptors (Lipinski definition) is 17. The Kier molecular flexibility index (Phi) is 23.6. The zero-order valence-corrected chi connectivity index (χ0v) is 37.6. The topological polar surface area (TPSA) is 320 Å². The number of ether oxygens (including phenoxy) is 4. The molecule has 0 amide bonds. The van der Waals surface area contributed by atoms with Gasteiger partial charge in [-0.15, -0.1) is 0 Å². The molecule has 2 saturated heterocycles. The van der Waals surface area contributed by atoms with Crippen LogP contribution >= 0.6 is 0 Å². The molecule has 0 radical (unpaired) electrons. The van der Waals surface area contributed by atoms with Gasteiger partial charge in [-0.1, -0.05) is 98.9 Å². The molecular weight excluding hydrogens is 851 g/mol. The molecule has 65 heavy (non-hydrogen) atoms. The summed E-state index contributed by atoms with van der Waals surface area (Å²) in [5, 5.41) is 118. The largest absolute Gasteiger partial charge is 0.481 e. The molecule has 368 valence electrons.